The van der Waals surface area contributed by atoms with Crippen LogP contribution in [0.3, 0.4) is 0 Å². The Labute approximate surface area is 134 Å². The molecule has 1 heterocycles. The second-order valence-corrected chi connectivity index (χ2v) is 5.59. The van der Waals surface area contributed by atoms with E-state index >= 15 is 0 Å². The highest BCUT2D eigenvalue weighted by Gasteiger charge is 2.10. The molecule has 0 unspecified atom stereocenters. The van der Waals surface area contributed by atoms with E-state index in [1.54, 1.807) is 6.20 Å². The first-order valence-electron chi connectivity index (χ1n) is 7.44. The number of hydrogen-bond donors (Lipinski definition) is 2. The summed E-state index contributed by atoms with van der Waals surface area (Å²) in [6.07, 6.45) is 4.45. The number of nitrogens with two attached hydrogens (primary N) is 1. The topological polar surface area (TPSA) is 67.1 Å². The fraction of sp³-hybridized carbons (Fsp3) is 0.375. The minimum atomic E-state index is -0.970. The highest BCUT2D eigenvalue weighted by atomic mass is 19.2. The molecule has 0 saturated carbocycles. The minimum Gasteiger partial charge on any atom is -0.383 e. The van der Waals surface area contributed by atoms with E-state index in [4.69, 9.17) is 5.73 Å². The van der Waals surface area contributed by atoms with Crippen LogP contribution in [0.2, 0.25) is 0 Å². The summed E-state index contributed by atoms with van der Waals surface area (Å²) in [5, 5.41) is 2.64. The van der Waals surface area contributed by atoms with Crippen molar-refractivity contribution in [1.82, 2.24) is 14.9 Å². The van der Waals surface area contributed by atoms with Crippen LogP contribution >= 0.6 is 0 Å². The Balaban J connectivity index is 2.00. The van der Waals surface area contributed by atoms with Crippen molar-refractivity contribution in [2.45, 2.75) is 19.3 Å². The number of anilines is 3. The van der Waals surface area contributed by atoms with Crippen LogP contribution in [-0.4, -0.2) is 35.5 Å². The fourth-order valence-corrected chi connectivity index (χ4v) is 2.14. The first-order chi connectivity index (χ1) is 11.0. The predicted octanol–water partition coefficient (Wildman–Crippen LogP) is 2.96. The number of nitrogens with zero attached hydrogens (tertiary/aromatic N) is 3. The lowest BCUT2D eigenvalue weighted by molar-refractivity contribution is 0.394. The van der Waals surface area contributed by atoms with Gasteiger partial charge in [0.05, 0.1) is 5.69 Å². The zero-order chi connectivity index (χ0) is 16.8. The van der Waals surface area contributed by atoms with Gasteiger partial charge in [0.25, 0.3) is 0 Å². The van der Waals surface area contributed by atoms with Crippen LogP contribution in [-0.2, 0) is 6.42 Å². The Kier molecular flexibility index (Phi) is 5.81. The average Bonchev–Trinajstić information content (AvgIpc) is 2.50. The van der Waals surface area contributed by atoms with E-state index in [9.17, 15) is 8.78 Å². The molecule has 3 N–H and O–H groups in total. The molecular formula is C16H21F2N5. The predicted molar refractivity (Wildman–Crippen MR) is 87.6 cm³/mol. The molecule has 7 heteroatoms. The van der Waals surface area contributed by atoms with Crippen LogP contribution < -0.4 is 11.1 Å². The number of rotatable bonds is 7. The summed E-state index contributed by atoms with van der Waals surface area (Å²) in [6, 6.07) is 3.86. The van der Waals surface area contributed by atoms with Gasteiger partial charge in [-0.15, -0.1) is 0 Å². The summed E-state index contributed by atoms with van der Waals surface area (Å²) in [4.78, 5) is 10.4. The number of nitrogen functional groups attached to an aromatic ring is 1. The molecule has 23 heavy (non-hydrogen) atoms. The SMILES string of the molecule is CN(C)CCCCc1cnc(Nc2cccc(F)c2F)nc1N. The highest BCUT2D eigenvalue weighted by Crippen LogP contribution is 2.21. The maximum atomic E-state index is 13.6. The summed E-state index contributed by atoms with van der Waals surface area (Å²) in [5.74, 6) is -1.41. The van der Waals surface area contributed by atoms with Crippen LogP contribution in [0.1, 0.15) is 18.4 Å². The summed E-state index contributed by atoms with van der Waals surface area (Å²) >= 11 is 0. The maximum Gasteiger partial charge on any atom is 0.229 e. The van der Waals surface area contributed by atoms with Crippen molar-refractivity contribution in [2.24, 2.45) is 0 Å². The maximum absolute atomic E-state index is 13.6. The average molecular weight is 321 g/mol. The summed E-state index contributed by atoms with van der Waals surface area (Å²) in [5.41, 5.74) is 6.75. The number of aromatic nitrogens is 2. The Hall–Kier alpha value is -2.28. The van der Waals surface area contributed by atoms with Crippen molar-refractivity contribution >= 4 is 17.5 Å². The van der Waals surface area contributed by atoms with Crippen molar-refractivity contribution in [3.8, 4) is 0 Å². The van der Waals surface area contributed by atoms with Gasteiger partial charge in [-0.05, 0) is 52.0 Å². The molecule has 1 aromatic carbocycles. The quantitative estimate of drug-likeness (QED) is 0.768. The van der Waals surface area contributed by atoms with E-state index in [1.807, 2.05) is 14.1 Å². The Morgan fingerprint density at radius 3 is 2.70 bits per heavy atom. The number of hydrogen-bond acceptors (Lipinski definition) is 5. The normalized spacial score (nSPS) is 11.0. The second kappa shape index (κ2) is 7.82. The molecule has 2 rings (SSSR count). The van der Waals surface area contributed by atoms with Crippen molar-refractivity contribution in [3.63, 3.8) is 0 Å². The lowest BCUT2D eigenvalue weighted by Crippen LogP contribution is -2.13. The number of halogens is 2. The number of benzene rings is 1. The van der Waals surface area contributed by atoms with Crippen molar-refractivity contribution in [1.29, 1.82) is 0 Å². The lowest BCUT2D eigenvalue weighted by Gasteiger charge is -2.11. The van der Waals surface area contributed by atoms with Gasteiger partial charge in [-0.25, -0.2) is 13.8 Å². The minimum absolute atomic E-state index is 0.0249. The first-order valence-corrected chi connectivity index (χ1v) is 7.44. The summed E-state index contributed by atoms with van der Waals surface area (Å²) in [6.45, 7) is 1.01. The molecule has 0 atom stereocenters. The molecular weight excluding hydrogens is 300 g/mol. The third kappa shape index (κ3) is 4.85. The van der Waals surface area contributed by atoms with Gasteiger partial charge >= 0.3 is 0 Å². The smallest absolute Gasteiger partial charge is 0.229 e. The Morgan fingerprint density at radius 2 is 2.00 bits per heavy atom. The molecule has 0 aliphatic rings. The molecule has 0 spiro atoms. The molecule has 0 fully saturated rings. The van der Waals surface area contributed by atoms with E-state index in [1.165, 1.54) is 12.1 Å². The molecule has 124 valence electrons. The second-order valence-electron chi connectivity index (χ2n) is 5.59. The molecule has 2 aromatic rings. The van der Waals surface area contributed by atoms with Crippen LogP contribution in [0.15, 0.2) is 24.4 Å². The number of unbranched alkanes of at least 4 members (excludes halogenated alkanes) is 1. The van der Waals surface area contributed by atoms with E-state index in [2.05, 4.69) is 20.2 Å². The molecule has 1 aromatic heterocycles. The lowest BCUT2D eigenvalue weighted by atomic mass is 10.1. The number of nitrogens with one attached hydrogen (secondary N) is 1. The van der Waals surface area contributed by atoms with Crippen LogP contribution in [0.4, 0.5) is 26.2 Å². The number of aryl methyl sites for hydroxylation is 1. The van der Waals surface area contributed by atoms with Crippen molar-refractivity contribution < 1.29 is 8.78 Å². The fourth-order valence-electron chi connectivity index (χ4n) is 2.14. The standard InChI is InChI=1S/C16H21F2N5/c1-23(2)9-4-3-6-11-10-20-16(22-15(11)19)21-13-8-5-7-12(17)14(13)18/h5,7-8,10H,3-4,6,9H2,1-2H3,(H3,19,20,21,22). The molecule has 0 aliphatic carbocycles. The largest absolute Gasteiger partial charge is 0.383 e. The summed E-state index contributed by atoms with van der Waals surface area (Å²) < 4.78 is 26.8. The van der Waals surface area contributed by atoms with Crippen molar-refractivity contribution in [3.05, 3.63) is 41.6 Å². The van der Waals surface area contributed by atoms with Gasteiger partial charge in [-0.1, -0.05) is 6.07 Å². The zero-order valence-corrected chi connectivity index (χ0v) is 13.3. The Morgan fingerprint density at radius 1 is 1.22 bits per heavy atom. The van der Waals surface area contributed by atoms with E-state index in [-0.39, 0.29) is 11.6 Å². The monoisotopic (exact) mass is 321 g/mol. The van der Waals surface area contributed by atoms with Crippen molar-refractivity contribution in [2.75, 3.05) is 31.7 Å². The van der Waals surface area contributed by atoms with Gasteiger partial charge in [0, 0.05) is 11.8 Å². The van der Waals surface area contributed by atoms with Crippen LogP contribution in [0.5, 0.6) is 0 Å². The van der Waals surface area contributed by atoms with Gasteiger partial charge in [-0.2, -0.15) is 4.98 Å². The molecule has 5 nitrogen and oxygen atoms in total. The molecule has 0 aliphatic heterocycles. The Bertz CT molecular complexity index is 661. The molecule has 0 saturated heterocycles. The van der Waals surface area contributed by atoms with E-state index in [0.29, 0.717) is 5.82 Å². The third-order valence-corrected chi connectivity index (χ3v) is 3.40. The van der Waals surface area contributed by atoms with Gasteiger partial charge in [0.15, 0.2) is 11.6 Å². The third-order valence-electron chi connectivity index (χ3n) is 3.40. The van der Waals surface area contributed by atoms with Gasteiger partial charge in [0.1, 0.15) is 5.82 Å². The molecule has 0 radical (unpaired) electrons. The van der Waals surface area contributed by atoms with Crippen LogP contribution in [0.25, 0.3) is 0 Å². The van der Waals surface area contributed by atoms with Gasteiger partial charge < -0.3 is 16.0 Å². The van der Waals surface area contributed by atoms with E-state index in [0.717, 1.165) is 37.4 Å². The highest BCUT2D eigenvalue weighted by molar-refractivity contribution is 5.56. The molecule has 0 amide bonds. The van der Waals surface area contributed by atoms with Gasteiger partial charge in [-0.3, -0.25) is 0 Å². The first kappa shape index (κ1) is 17.1. The van der Waals surface area contributed by atoms with Gasteiger partial charge in [0.2, 0.25) is 5.95 Å². The summed E-state index contributed by atoms with van der Waals surface area (Å²) in [7, 11) is 4.06. The van der Waals surface area contributed by atoms with E-state index < -0.39 is 11.6 Å². The zero-order valence-electron chi connectivity index (χ0n) is 13.3. The van der Waals surface area contributed by atoms with Crippen LogP contribution in [0, 0.1) is 11.6 Å². The molecule has 0 bridgehead atoms.